The number of nitrogens with two attached hydrogens (primary N) is 1. The molecule has 0 aliphatic carbocycles. The fourth-order valence-corrected chi connectivity index (χ4v) is 1.35. The number of esters is 1. The lowest BCUT2D eigenvalue weighted by atomic mass is 10.1. The number of primary amides is 1. The summed E-state index contributed by atoms with van der Waals surface area (Å²) in [7, 11) is 0. The van der Waals surface area contributed by atoms with Gasteiger partial charge < -0.3 is 15.8 Å². The number of benzene rings is 1. The molecule has 108 valence electrons. The molecule has 0 saturated heterocycles. The van der Waals surface area contributed by atoms with Gasteiger partial charge in [-0.1, -0.05) is 12.1 Å². The average Bonchev–Trinajstić information content (AvgIpc) is 2.42. The summed E-state index contributed by atoms with van der Waals surface area (Å²) in [6.45, 7) is -0.762. The molecule has 0 fully saturated rings. The molecule has 0 bridgehead atoms. The van der Waals surface area contributed by atoms with Crippen LogP contribution >= 0.6 is 0 Å². The summed E-state index contributed by atoms with van der Waals surface area (Å²) >= 11 is 0. The van der Waals surface area contributed by atoms with E-state index in [1.54, 1.807) is 12.1 Å². The number of carbonyl (C=O) groups is 3. The summed E-state index contributed by atoms with van der Waals surface area (Å²) < 4.78 is 17.4. The molecule has 1 rings (SSSR count). The first-order valence-electron chi connectivity index (χ1n) is 5.92. The van der Waals surface area contributed by atoms with Gasteiger partial charge in [-0.2, -0.15) is 0 Å². The number of rotatable bonds is 7. The summed E-state index contributed by atoms with van der Waals surface area (Å²) in [5, 5.41) is 2.19. The molecule has 0 aliphatic rings. The Morgan fingerprint density at radius 1 is 1.20 bits per heavy atom. The molecule has 2 amide bonds. The minimum absolute atomic E-state index is 0.0781. The van der Waals surface area contributed by atoms with E-state index >= 15 is 0 Å². The Morgan fingerprint density at radius 3 is 2.45 bits per heavy atom. The molecule has 0 aromatic heterocycles. The van der Waals surface area contributed by atoms with Gasteiger partial charge in [0.1, 0.15) is 5.82 Å². The SMILES string of the molecule is NC(=O)CNC(=O)COC(=O)CCc1ccc(F)cc1. The van der Waals surface area contributed by atoms with Gasteiger partial charge in [0.25, 0.3) is 5.91 Å². The van der Waals surface area contributed by atoms with Crippen LogP contribution < -0.4 is 11.1 Å². The van der Waals surface area contributed by atoms with E-state index < -0.39 is 24.4 Å². The molecule has 0 radical (unpaired) electrons. The van der Waals surface area contributed by atoms with Crippen LogP contribution in [0.4, 0.5) is 4.39 Å². The molecular weight excluding hydrogens is 267 g/mol. The number of ether oxygens (including phenoxy) is 1. The normalized spacial score (nSPS) is 9.85. The number of hydrogen-bond acceptors (Lipinski definition) is 4. The first kappa shape index (κ1) is 15.6. The molecule has 1 aromatic rings. The van der Waals surface area contributed by atoms with Crippen LogP contribution in [-0.2, 0) is 25.5 Å². The Labute approximate surface area is 115 Å². The maximum atomic E-state index is 12.7. The number of halogens is 1. The van der Waals surface area contributed by atoms with Crippen LogP contribution in [0.2, 0.25) is 0 Å². The van der Waals surface area contributed by atoms with Gasteiger partial charge in [-0.05, 0) is 24.1 Å². The zero-order valence-electron chi connectivity index (χ0n) is 10.7. The lowest BCUT2D eigenvalue weighted by Gasteiger charge is -2.05. The molecular formula is C13H15FN2O4. The topological polar surface area (TPSA) is 98.5 Å². The van der Waals surface area contributed by atoms with Crippen LogP contribution in [0.5, 0.6) is 0 Å². The first-order valence-corrected chi connectivity index (χ1v) is 5.92. The van der Waals surface area contributed by atoms with Crippen LogP contribution in [0.1, 0.15) is 12.0 Å². The monoisotopic (exact) mass is 282 g/mol. The van der Waals surface area contributed by atoms with E-state index in [4.69, 9.17) is 10.5 Å². The van der Waals surface area contributed by atoms with Gasteiger partial charge in [0.05, 0.1) is 6.54 Å². The highest BCUT2D eigenvalue weighted by atomic mass is 19.1. The number of hydrogen-bond donors (Lipinski definition) is 2. The molecule has 7 heteroatoms. The van der Waals surface area contributed by atoms with E-state index in [0.717, 1.165) is 5.56 Å². The average molecular weight is 282 g/mol. The zero-order valence-corrected chi connectivity index (χ0v) is 10.7. The van der Waals surface area contributed by atoms with Crippen LogP contribution in [0.15, 0.2) is 24.3 Å². The van der Waals surface area contributed by atoms with Crippen LogP contribution in [0.25, 0.3) is 0 Å². The van der Waals surface area contributed by atoms with Crippen molar-refractivity contribution in [3.8, 4) is 0 Å². The quantitative estimate of drug-likeness (QED) is 0.682. The van der Waals surface area contributed by atoms with Crippen molar-refractivity contribution in [1.29, 1.82) is 0 Å². The minimum Gasteiger partial charge on any atom is -0.456 e. The van der Waals surface area contributed by atoms with Crippen LogP contribution in [0, 0.1) is 5.82 Å². The van der Waals surface area contributed by atoms with E-state index in [1.807, 2.05) is 0 Å². The Hall–Kier alpha value is -2.44. The standard InChI is InChI=1S/C13H15FN2O4/c14-10-4-1-9(2-5-10)3-6-13(19)20-8-12(18)16-7-11(15)17/h1-2,4-5H,3,6-8H2,(H2,15,17)(H,16,18). The van der Waals surface area contributed by atoms with E-state index in [-0.39, 0.29) is 18.8 Å². The van der Waals surface area contributed by atoms with E-state index in [1.165, 1.54) is 12.1 Å². The van der Waals surface area contributed by atoms with Crippen molar-refractivity contribution in [3.05, 3.63) is 35.6 Å². The summed E-state index contributed by atoms with van der Waals surface area (Å²) in [5.74, 6) is -2.18. The van der Waals surface area contributed by atoms with Crippen LogP contribution in [-0.4, -0.2) is 30.9 Å². The van der Waals surface area contributed by atoms with E-state index in [0.29, 0.717) is 6.42 Å². The zero-order chi connectivity index (χ0) is 15.0. The Balaban J connectivity index is 2.21. The van der Waals surface area contributed by atoms with Crippen LogP contribution in [0.3, 0.4) is 0 Å². The van der Waals surface area contributed by atoms with Crippen molar-refractivity contribution >= 4 is 17.8 Å². The second-order valence-electron chi connectivity index (χ2n) is 4.03. The molecule has 0 saturated carbocycles. The van der Waals surface area contributed by atoms with Gasteiger partial charge in [0, 0.05) is 6.42 Å². The van der Waals surface area contributed by atoms with Crippen molar-refractivity contribution in [2.45, 2.75) is 12.8 Å². The summed E-state index contributed by atoms with van der Waals surface area (Å²) in [6, 6.07) is 5.75. The number of nitrogens with one attached hydrogen (secondary N) is 1. The fourth-order valence-electron chi connectivity index (χ4n) is 1.35. The molecule has 0 unspecified atom stereocenters. The molecule has 0 atom stereocenters. The minimum atomic E-state index is -0.680. The van der Waals surface area contributed by atoms with Crippen molar-refractivity contribution in [2.75, 3.05) is 13.2 Å². The third kappa shape index (κ3) is 6.48. The first-order chi connectivity index (χ1) is 9.47. The number of aryl methyl sites for hydroxylation is 1. The van der Waals surface area contributed by atoms with Gasteiger partial charge in [-0.25, -0.2) is 4.39 Å². The van der Waals surface area contributed by atoms with Gasteiger partial charge in [-0.15, -0.1) is 0 Å². The lowest BCUT2D eigenvalue weighted by molar-refractivity contribution is -0.148. The maximum Gasteiger partial charge on any atom is 0.306 e. The Morgan fingerprint density at radius 2 is 1.85 bits per heavy atom. The summed E-state index contributed by atoms with van der Waals surface area (Å²) in [4.78, 5) is 32.9. The van der Waals surface area contributed by atoms with Crippen molar-refractivity contribution in [3.63, 3.8) is 0 Å². The number of amides is 2. The Bertz CT molecular complexity index is 488. The predicted octanol–water partition coefficient (Wildman–Crippen LogP) is -0.0970. The van der Waals surface area contributed by atoms with Gasteiger partial charge in [0.15, 0.2) is 6.61 Å². The molecule has 20 heavy (non-hydrogen) atoms. The molecule has 1 aromatic carbocycles. The van der Waals surface area contributed by atoms with E-state index in [9.17, 15) is 18.8 Å². The largest absolute Gasteiger partial charge is 0.456 e. The van der Waals surface area contributed by atoms with E-state index in [2.05, 4.69) is 5.32 Å². The summed E-state index contributed by atoms with van der Waals surface area (Å²) in [5.41, 5.74) is 5.62. The third-order valence-electron chi connectivity index (χ3n) is 2.36. The van der Waals surface area contributed by atoms with Crippen molar-refractivity contribution in [2.24, 2.45) is 5.73 Å². The second kappa shape index (κ2) is 7.88. The molecule has 0 heterocycles. The lowest BCUT2D eigenvalue weighted by Crippen LogP contribution is -2.36. The van der Waals surface area contributed by atoms with Gasteiger partial charge in [0.2, 0.25) is 5.91 Å². The van der Waals surface area contributed by atoms with Crippen molar-refractivity contribution < 1.29 is 23.5 Å². The molecule has 0 spiro atoms. The predicted molar refractivity (Wildman–Crippen MR) is 67.9 cm³/mol. The third-order valence-corrected chi connectivity index (χ3v) is 2.36. The smallest absolute Gasteiger partial charge is 0.306 e. The highest BCUT2D eigenvalue weighted by Crippen LogP contribution is 2.05. The molecule has 3 N–H and O–H groups in total. The maximum absolute atomic E-state index is 12.7. The van der Waals surface area contributed by atoms with Gasteiger partial charge >= 0.3 is 5.97 Å². The second-order valence-corrected chi connectivity index (χ2v) is 4.03. The highest BCUT2D eigenvalue weighted by molar-refractivity contribution is 5.85. The summed E-state index contributed by atoms with van der Waals surface area (Å²) in [6.07, 6.45) is 0.469. The van der Waals surface area contributed by atoms with Gasteiger partial charge in [-0.3, -0.25) is 14.4 Å². The Kier molecular flexibility index (Phi) is 6.15. The molecule has 6 nitrogen and oxygen atoms in total. The molecule has 0 aliphatic heterocycles. The van der Waals surface area contributed by atoms with Crippen molar-refractivity contribution in [1.82, 2.24) is 5.32 Å². The fraction of sp³-hybridized carbons (Fsp3) is 0.308. The number of carbonyl (C=O) groups excluding carboxylic acids is 3. The highest BCUT2D eigenvalue weighted by Gasteiger charge is 2.08.